The summed E-state index contributed by atoms with van der Waals surface area (Å²) in [5.74, 6) is 2.03. The highest BCUT2D eigenvalue weighted by molar-refractivity contribution is 5.90. The lowest BCUT2D eigenvalue weighted by atomic mass is 10.2. The van der Waals surface area contributed by atoms with Gasteiger partial charge in [-0.2, -0.15) is 5.10 Å². The van der Waals surface area contributed by atoms with Gasteiger partial charge in [-0.15, -0.1) is 10.2 Å². The predicted molar refractivity (Wildman–Crippen MR) is 107 cm³/mol. The lowest BCUT2D eigenvalue weighted by molar-refractivity contribution is 0.252. The zero-order chi connectivity index (χ0) is 19.3. The minimum atomic E-state index is -0.226. The molecule has 2 aromatic heterocycles. The number of aryl methyl sites for hydroxylation is 2. The van der Waals surface area contributed by atoms with Crippen molar-refractivity contribution in [3.05, 3.63) is 53.9 Å². The number of rotatable bonds is 5. The monoisotopic (exact) mass is 379 g/mol. The fraction of sp³-hybridized carbons (Fsp3) is 0.400. The second-order valence-corrected chi connectivity index (χ2v) is 7.08. The summed E-state index contributed by atoms with van der Waals surface area (Å²) in [7, 11) is 0. The van der Waals surface area contributed by atoms with Gasteiger partial charge >= 0.3 is 6.03 Å². The number of urea groups is 1. The summed E-state index contributed by atoms with van der Waals surface area (Å²) in [6, 6.07) is 7.50. The number of hydrogen-bond acceptors (Lipinski definition) is 4. The maximum atomic E-state index is 12.3. The van der Waals surface area contributed by atoms with Crippen LogP contribution in [-0.4, -0.2) is 37.1 Å². The Hall–Kier alpha value is -3.16. The van der Waals surface area contributed by atoms with E-state index in [0.717, 1.165) is 48.0 Å². The molecule has 4 rings (SSSR count). The molecule has 0 aliphatic carbocycles. The summed E-state index contributed by atoms with van der Waals surface area (Å²) < 4.78 is 3.98. The summed E-state index contributed by atoms with van der Waals surface area (Å²) in [5.41, 5.74) is 2.66. The van der Waals surface area contributed by atoms with E-state index in [4.69, 9.17) is 0 Å². The average molecular weight is 379 g/mol. The highest BCUT2D eigenvalue weighted by Gasteiger charge is 2.14. The van der Waals surface area contributed by atoms with Crippen LogP contribution < -0.4 is 10.6 Å². The summed E-state index contributed by atoms with van der Waals surface area (Å²) in [4.78, 5) is 12.3. The third-order valence-corrected chi connectivity index (χ3v) is 5.06. The van der Waals surface area contributed by atoms with Gasteiger partial charge in [0.05, 0.1) is 5.69 Å². The van der Waals surface area contributed by atoms with Gasteiger partial charge in [-0.25, -0.2) is 9.48 Å². The Labute approximate surface area is 164 Å². The zero-order valence-electron chi connectivity index (χ0n) is 16.1. The number of nitrogens with one attached hydrogen (secondary N) is 2. The Morgan fingerprint density at radius 2 is 2.14 bits per heavy atom. The average Bonchev–Trinajstić information content (AvgIpc) is 3.29. The molecule has 1 aliphatic heterocycles. The van der Waals surface area contributed by atoms with Crippen LogP contribution in [0.5, 0.6) is 0 Å². The van der Waals surface area contributed by atoms with Crippen molar-refractivity contribution < 1.29 is 4.79 Å². The van der Waals surface area contributed by atoms with Crippen LogP contribution >= 0.6 is 0 Å². The maximum absolute atomic E-state index is 12.3. The number of benzene rings is 1. The third kappa shape index (κ3) is 4.05. The molecule has 0 saturated heterocycles. The minimum Gasteiger partial charge on any atom is -0.337 e. The van der Waals surface area contributed by atoms with E-state index in [2.05, 4.69) is 30.5 Å². The Morgan fingerprint density at radius 3 is 3.00 bits per heavy atom. The van der Waals surface area contributed by atoms with E-state index in [-0.39, 0.29) is 6.03 Å². The molecule has 0 atom stereocenters. The molecule has 2 amide bonds. The molecular formula is C20H25N7O. The molecule has 0 radical (unpaired) electrons. The number of aromatic nitrogens is 5. The predicted octanol–water partition coefficient (Wildman–Crippen LogP) is 2.86. The van der Waals surface area contributed by atoms with Crippen molar-refractivity contribution in [2.45, 2.75) is 45.6 Å². The highest BCUT2D eigenvalue weighted by atomic mass is 16.2. The Morgan fingerprint density at radius 1 is 1.21 bits per heavy atom. The maximum Gasteiger partial charge on any atom is 0.319 e. The topological polar surface area (TPSA) is 89.7 Å². The molecule has 0 spiro atoms. The van der Waals surface area contributed by atoms with Crippen molar-refractivity contribution in [2.75, 3.05) is 11.9 Å². The number of amides is 2. The van der Waals surface area contributed by atoms with E-state index in [1.807, 2.05) is 37.4 Å². The quantitative estimate of drug-likeness (QED) is 0.713. The first-order valence-corrected chi connectivity index (χ1v) is 9.77. The van der Waals surface area contributed by atoms with E-state index >= 15 is 0 Å². The molecule has 1 aromatic carbocycles. The van der Waals surface area contributed by atoms with Crippen molar-refractivity contribution >= 4 is 11.7 Å². The summed E-state index contributed by atoms with van der Waals surface area (Å²) in [6.45, 7) is 3.46. The number of carbonyl (C=O) groups is 1. The Balaban J connectivity index is 1.34. The van der Waals surface area contributed by atoms with Crippen LogP contribution in [0.25, 0.3) is 5.69 Å². The molecule has 1 aliphatic rings. The molecule has 8 nitrogen and oxygen atoms in total. The lowest BCUT2D eigenvalue weighted by Crippen LogP contribution is -2.31. The van der Waals surface area contributed by atoms with E-state index in [9.17, 15) is 4.79 Å². The second kappa shape index (κ2) is 8.24. The standard InChI is InChI=1S/C20H25N7O/c1-15-7-8-16(27-13-5-10-22-27)14-17(15)23-20(28)21-11-9-19-25-24-18-6-3-2-4-12-26(18)19/h5,7-8,10,13-14H,2-4,6,9,11-12H2,1H3,(H2,21,23,28). The molecular weight excluding hydrogens is 354 g/mol. The van der Waals surface area contributed by atoms with Gasteiger partial charge in [-0.05, 0) is 43.5 Å². The normalized spacial score (nSPS) is 13.6. The van der Waals surface area contributed by atoms with Crippen LogP contribution in [0.3, 0.4) is 0 Å². The summed E-state index contributed by atoms with van der Waals surface area (Å²) in [5, 5.41) is 18.7. The van der Waals surface area contributed by atoms with E-state index in [1.165, 1.54) is 12.8 Å². The fourth-order valence-corrected chi connectivity index (χ4v) is 3.49. The van der Waals surface area contributed by atoms with Crippen LogP contribution in [0.15, 0.2) is 36.7 Å². The molecule has 0 bridgehead atoms. The van der Waals surface area contributed by atoms with Crippen LogP contribution in [0.1, 0.15) is 36.5 Å². The van der Waals surface area contributed by atoms with Gasteiger partial charge in [0.1, 0.15) is 11.6 Å². The largest absolute Gasteiger partial charge is 0.337 e. The van der Waals surface area contributed by atoms with E-state index < -0.39 is 0 Å². The van der Waals surface area contributed by atoms with Gasteiger partial charge in [0, 0.05) is 44.0 Å². The van der Waals surface area contributed by atoms with Crippen LogP contribution in [-0.2, 0) is 19.4 Å². The Kier molecular flexibility index (Phi) is 5.36. The third-order valence-electron chi connectivity index (χ3n) is 5.06. The number of nitrogens with zero attached hydrogens (tertiary/aromatic N) is 5. The molecule has 0 unspecified atom stereocenters. The first-order chi connectivity index (χ1) is 13.7. The number of fused-ring (bicyclic) bond motifs is 1. The molecule has 3 heterocycles. The van der Waals surface area contributed by atoms with Gasteiger partial charge < -0.3 is 15.2 Å². The molecule has 0 fully saturated rings. The fourth-order valence-electron chi connectivity index (χ4n) is 3.49. The van der Waals surface area contributed by atoms with E-state index in [1.54, 1.807) is 10.9 Å². The smallest absolute Gasteiger partial charge is 0.319 e. The van der Waals surface area contributed by atoms with Crippen LogP contribution in [0.4, 0.5) is 10.5 Å². The molecule has 28 heavy (non-hydrogen) atoms. The van der Waals surface area contributed by atoms with Crippen molar-refractivity contribution in [3.63, 3.8) is 0 Å². The van der Waals surface area contributed by atoms with Gasteiger partial charge in [-0.1, -0.05) is 12.5 Å². The molecule has 146 valence electrons. The summed E-state index contributed by atoms with van der Waals surface area (Å²) in [6.07, 6.45) is 8.84. The van der Waals surface area contributed by atoms with E-state index in [0.29, 0.717) is 13.0 Å². The van der Waals surface area contributed by atoms with Crippen LogP contribution in [0, 0.1) is 6.92 Å². The zero-order valence-corrected chi connectivity index (χ0v) is 16.1. The van der Waals surface area contributed by atoms with Gasteiger partial charge in [-0.3, -0.25) is 0 Å². The number of anilines is 1. The summed E-state index contributed by atoms with van der Waals surface area (Å²) >= 11 is 0. The van der Waals surface area contributed by atoms with Crippen molar-refractivity contribution in [1.82, 2.24) is 29.9 Å². The number of carbonyl (C=O) groups excluding carboxylic acids is 1. The molecule has 0 saturated carbocycles. The van der Waals surface area contributed by atoms with Crippen molar-refractivity contribution in [2.24, 2.45) is 0 Å². The van der Waals surface area contributed by atoms with Crippen LogP contribution in [0.2, 0.25) is 0 Å². The molecule has 2 N–H and O–H groups in total. The first kappa shape index (κ1) is 18.2. The Bertz CT molecular complexity index is 946. The minimum absolute atomic E-state index is 0.226. The van der Waals surface area contributed by atoms with Gasteiger partial charge in [0.15, 0.2) is 0 Å². The molecule has 3 aromatic rings. The first-order valence-electron chi connectivity index (χ1n) is 9.77. The lowest BCUT2D eigenvalue weighted by Gasteiger charge is -2.12. The SMILES string of the molecule is Cc1ccc(-n2cccn2)cc1NC(=O)NCCc1nnc2n1CCCCC2. The van der Waals surface area contributed by atoms with Crippen molar-refractivity contribution in [3.8, 4) is 5.69 Å². The van der Waals surface area contributed by atoms with Gasteiger partial charge in [0.2, 0.25) is 0 Å². The highest BCUT2D eigenvalue weighted by Crippen LogP contribution is 2.19. The number of hydrogen-bond donors (Lipinski definition) is 2. The second-order valence-electron chi connectivity index (χ2n) is 7.08. The van der Waals surface area contributed by atoms with Gasteiger partial charge in [0.25, 0.3) is 0 Å². The van der Waals surface area contributed by atoms with Crippen molar-refractivity contribution in [1.29, 1.82) is 0 Å². The molecule has 8 heteroatoms.